The molecule has 46 heavy (non-hydrogen) atoms. The molecule has 7 aromatic carbocycles. The van der Waals surface area contributed by atoms with E-state index in [1.807, 2.05) is 11.3 Å². The number of benzene rings is 7. The van der Waals surface area contributed by atoms with Crippen LogP contribution in [0.5, 0.6) is 0 Å². The number of hydrogen-bond acceptors (Lipinski definition) is 3. The molecule has 0 spiro atoms. The van der Waals surface area contributed by atoms with Gasteiger partial charge in [0.15, 0.2) is 5.82 Å². The first-order valence-corrected chi connectivity index (χ1v) is 16.3. The molecule has 0 N–H and O–H groups in total. The van der Waals surface area contributed by atoms with Crippen molar-refractivity contribution in [2.45, 2.75) is 6.92 Å². The summed E-state index contributed by atoms with van der Waals surface area (Å²) in [6.07, 6.45) is 0. The van der Waals surface area contributed by atoms with Crippen LogP contribution >= 0.6 is 11.3 Å². The molecule has 0 aliphatic carbocycles. The van der Waals surface area contributed by atoms with Crippen LogP contribution in [0, 0.1) is 0 Å². The molecule has 2 nitrogen and oxygen atoms in total. The average molecular weight is 605 g/mol. The predicted molar refractivity (Wildman–Crippen MR) is 201 cm³/mol. The van der Waals surface area contributed by atoms with E-state index < -0.39 is 0 Å². The van der Waals surface area contributed by atoms with E-state index in [0.29, 0.717) is 11.2 Å². The van der Waals surface area contributed by atoms with Gasteiger partial charge in [0, 0.05) is 47.6 Å². The molecule has 0 saturated carbocycles. The van der Waals surface area contributed by atoms with Gasteiger partial charge in [-0.3, -0.25) is 0 Å². The molecule has 0 saturated heterocycles. The van der Waals surface area contributed by atoms with Crippen LogP contribution < -0.4 is 5.35 Å². The molecular weight excluding hydrogens is 577 g/mol. The van der Waals surface area contributed by atoms with Gasteiger partial charge in [-0.2, -0.15) is 0 Å². The van der Waals surface area contributed by atoms with Gasteiger partial charge >= 0.3 is 0 Å². The van der Waals surface area contributed by atoms with Crippen LogP contribution in [-0.4, -0.2) is 10.7 Å². The van der Waals surface area contributed by atoms with Gasteiger partial charge in [-0.15, -0.1) is 11.3 Å². The molecular formula is C43H28N2S. The lowest BCUT2D eigenvalue weighted by Gasteiger charge is -2.09. The zero-order chi connectivity index (χ0) is 30.8. The van der Waals surface area contributed by atoms with Gasteiger partial charge in [-0.05, 0) is 68.9 Å². The van der Waals surface area contributed by atoms with Gasteiger partial charge in [-0.1, -0.05) is 122 Å². The van der Waals surface area contributed by atoms with E-state index in [1.165, 1.54) is 47.1 Å². The number of rotatable bonds is 2. The molecule has 3 heteroatoms. The molecule has 0 unspecified atom stereocenters. The molecule has 216 valence electrons. The predicted octanol–water partition coefficient (Wildman–Crippen LogP) is 11.6. The van der Waals surface area contributed by atoms with Gasteiger partial charge in [-0.25, -0.2) is 9.98 Å². The molecule has 0 atom stereocenters. The summed E-state index contributed by atoms with van der Waals surface area (Å²) in [5.74, 6) is 0.657. The van der Waals surface area contributed by atoms with Crippen LogP contribution in [0.4, 0.5) is 5.82 Å². The Kier molecular flexibility index (Phi) is 6.09. The first-order chi connectivity index (χ1) is 22.6. The first-order valence-electron chi connectivity index (χ1n) is 15.5. The summed E-state index contributed by atoms with van der Waals surface area (Å²) in [5.41, 5.74) is 2.04. The molecule has 2 aromatic heterocycles. The summed E-state index contributed by atoms with van der Waals surface area (Å²) >= 11 is 1.82. The van der Waals surface area contributed by atoms with Crippen molar-refractivity contribution in [2.24, 2.45) is 4.99 Å². The summed E-state index contributed by atoms with van der Waals surface area (Å²) in [5, 5.41) is 14.5. The lowest BCUT2D eigenvalue weighted by atomic mass is 9.97. The largest absolute Gasteiger partial charge is 0.233 e. The van der Waals surface area contributed by atoms with E-state index in [-0.39, 0.29) is 0 Å². The smallest absolute Gasteiger partial charge is 0.160 e. The minimum atomic E-state index is 0.657. The van der Waals surface area contributed by atoms with Crippen molar-refractivity contribution in [1.82, 2.24) is 4.98 Å². The van der Waals surface area contributed by atoms with Crippen LogP contribution in [0.25, 0.3) is 80.6 Å². The Labute approximate surface area is 269 Å². The quantitative estimate of drug-likeness (QED) is 0.142. The van der Waals surface area contributed by atoms with E-state index >= 15 is 0 Å². The zero-order valence-electron chi connectivity index (χ0n) is 25.3. The highest BCUT2D eigenvalue weighted by Crippen LogP contribution is 2.38. The fourth-order valence-electron chi connectivity index (χ4n) is 6.95. The highest BCUT2D eigenvalue weighted by Gasteiger charge is 2.13. The summed E-state index contributed by atoms with van der Waals surface area (Å²) in [6.45, 7) is 6.60. The number of hydrogen-bond donors (Lipinski definition) is 0. The number of nitrogens with zero attached hydrogens (tertiary/aromatic N) is 2. The number of aliphatic imine (C=N–C) groups is 1. The van der Waals surface area contributed by atoms with Gasteiger partial charge in [0.2, 0.25) is 0 Å². The Morgan fingerprint density at radius 3 is 1.98 bits per heavy atom. The molecule has 4 bridgehead atoms. The highest BCUT2D eigenvalue weighted by molar-refractivity contribution is 7.25. The van der Waals surface area contributed by atoms with E-state index in [2.05, 4.69) is 153 Å². The number of thiophene rings is 1. The number of aromatic nitrogens is 1. The normalized spacial score (nSPS) is 12.2. The Bertz CT molecular complexity index is 2840. The van der Waals surface area contributed by atoms with Gasteiger partial charge in [0.05, 0.1) is 5.35 Å². The SMILES string of the molecule is C=c1nc(/N=C(\C)c2cccc3sc4ccccc4c23)c2cccc3ccc4ccc(cc4c32)c2ccccc2c2cccc1c2. The fourth-order valence-corrected chi connectivity index (χ4v) is 8.08. The van der Waals surface area contributed by atoms with E-state index in [9.17, 15) is 0 Å². The summed E-state index contributed by atoms with van der Waals surface area (Å²) in [7, 11) is 0. The van der Waals surface area contributed by atoms with E-state index in [1.54, 1.807) is 0 Å². The maximum absolute atomic E-state index is 5.39. The van der Waals surface area contributed by atoms with Crippen LogP contribution in [0.15, 0.2) is 145 Å². The van der Waals surface area contributed by atoms with Crippen LogP contribution in [-0.2, 0) is 0 Å². The van der Waals surface area contributed by atoms with Gasteiger partial charge in [0.25, 0.3) is 0 Å². The van der Waals surface area contributed by atoms with Crippen LogP contribution in [0.3, 0.4) is 0 Å². The second-order valence-electron chi connectivity index (χ2n) is 11.9. The van der Waals surface area contributed by atoms with Crippen molar-refractivity contribution in [3.63, 3.8) is 0 Å². The maximum atomic E-state index is 5.39. The third-order valence-corrected chi connectivity index (χ3v) is 10.3. The minimum Gasteiger partial charge on any atom is -0.233 e. The zero-order valence-corrected chi connectivity index (χ0v) is 26.1. The van der Waals surface area contributed by atoms with Crippen LogP contribution in [0.1, 0.15) is 12.5 Å². The molecule has 2 heterocycles. The summed E-state index contributed by atoms with van der Waals surface area (Å²) < 4.78 is 2.54. The molecule has 0 aliphatic rings. The van der Waals surface area contributed by atoms with Crippen molar-refractivity contribution in [2.75, 3.05) is 0 Å². The van der Waals surface area contributed by atoms with Gasteiger partial charge < -0.3 is 0 Å². The lowest BCUT2D eigenvalue weighted by Crippen LogP contribution is -2.03. The van der Waals surface area contributed by atoms with Crippen LogP contribution in [0.2, 0.25) is 0 Å². The van der Waals surface area contributed by atoms with Crippen molar-refractivity contribution in [1.29, 1.82) is 0 Å². The Morgan fingerprint density at radius 1 is 0.522 bits per heavy atom. The topological polar surface area (TPSA) is 25.2 Å². The Balaban J connectivity index is 1.47. The van der Waals surface area contributed by atoms with E-state index in [4.69, 9.17) is 9.98 Å². The van der Waals surface area contributed by atoms with E-state index in [0.717, 1.165) is 38.2 Å². The molecule has 0 fully saturated rings. The van der Waals surface area contributed by atoms with Crippen molar-refractivity contribution in [3.8, 4) is 0 Å². The Morgan fingerprint density at radius 2 is 1.13 bits per heavy atom. The Hall–Kier alpha value is -5.64. The van der Waals surface area contributed by atoms with Crippen molar-refractivity contribution in [3.05, 3.63) is 150 Å². The maximum Gasteiger partial charge on any atom is 0.160 e. The fraction of sp³-hybridized carbons (Fsp3) is 0.0233. The summed E-state index contributed by atoms with van der Waals surface area (Å²) in [4.78, 5) is 10.6. The average Bonchev–Trinajstić information content (AvgIpc) is 3.49. The first kappa shape index (κ1) is 26.7. The summed E-state index contributed by atoms with van der Waals surface area (Å²) in [6, 6.07) is 50.0. The second-order valence-corrected chi connectivity index (χ2v) is 13.0. The second kappa shape index (κ2) is 10.5. The minimum absolute atomic E-state index is 0.657. The molecule has 0 radical (unpaired) electrons. The molecule has 9 rings (SSSR count). The standard InChI is InChI=1S/C43H28N2S/c1-26-30-11-7-12-31(24-30)34-13-3-4-14-35(34)32-23-21-28-20-22-29-10-8-17-37(41(29)38(28)25-32)43(44-26)45-27(2)33-16-9-19-40-42(33)36-15-5-6-18-39(36)46-40/h3-25H,1H2,2H3/b44-43?,45-27+. The molecule has 0 aliphatic heterocycles. The molecule has 0 amide bonds. The van der Waals surface area contributed by atoms with Crippen molar-refractivity contribution < 1.29 is 0 Å². The molecule has 9 aromatic rings. The highest BCUT2D eigenvalue weighted by atomic mass is 32.1. The lowest BCUT2D eigenvalue weighted by molar-refractivity contribution is 1.27. The third kappa shape index (κ3) is 4.24. The third-order valence-electron chi connectivity index (χ3n) is 9.15. The van der Waals surface area contributed by atoms with Gasteiger partial charge in [0.1, 0.15) is 0 Å². The monoisotopic (exact) mass is 604 g/mol. The number of fused-ring (bicyclic) bond motifs is 9. The van der Waals surface area contributed by atoms with Crippen molar-refractivity contribution >= 4 is 103 Å².